The van der Waals surface area contributed by atoms with Crippen LogP contribution in [0.1, 0.15) is 12.0 Å². The minimum absolute atomic E-state index is 0.200. The van der Waals surface area contributed by atoms with Crippen molar-refractivity contribution in [2.24, 2.45) is 0 Å². The molecule has 1 aliphatic rings. The Morgan fingerprint density at radius 2 is 1.95 bits per heavy atom. The van der Waals surface area contributed by atoms with E-state index in [0.717, 1.165) is 40.6 Å². The van der Waals surface area contributed by atoms with E-state index in [9.17, 15) is 4.39 Å². The first-order valence-electron chi connectivity index (χ1n) is 7.28. The Labute approximate surface area is 134 Å². The molecule has 4 heteroatoms. The van der Waals surface area contributed by atoms with Gasteiger partial charge in [0.1, 0.15) is 11.6 Å². The summed E-state index contributed by atoms with van der Waals surface area (Å²) in [5, 5.41) is 3.31. The van der Waals surface area contributed by atoms with Crippen LogP contribution in [0.5, 0.6) is 5.75 Å². The van der Waals surface area contributed by atoms with Crippen molar-refractivity contribution < 1.29 is 9.13 Å². The molecule has 0 amide bonds. The lowest BCUT2D eigenvalue weighted by Gasteiger charge is -2.17. The third-order valence-electron chi connectivity index (χ3n) is 3.64. The van der Waals surface area contributed by atoms with Gasteiger partial charge in [0, 0.05) is 16.3 Å². The predicted octanol–water partition coefficient (Wildman–Crippen LogP) is 4.36. The van der Waals surface area contributed by atoms with Gasteiger partial charge in [-0.3, -0.25) is 0 Å². The summed E-state index contributed by atoms with van der Waals surface area (Å²) in [7, 11) is 1.65. The summed E-state index contributed by atoms with van der Waals surface area (Å²) in [5.41, 5.74) is 2.42. The zero-order chi connectivity index (χ0) is 15.4. The highest BCUT2D eigenvalue weighted by atomic mass is 32.2. The van der Waals surface area contributed by atoms with Crippen LogP contribution in [0.25, 0.3) is 5.57 Å². The van der Waals surface area contributed by atoms with Gasteiger partial charge in [0.15, 0.2) is 0 Å². The van der Waals surface area contributed by atoms with Crippen molar-refractivity contribution in [1.82, 2.24) is 5.32 Å². The minimum Gasteiger partial charge on any atom is -0.497 e. The Morgan fingerprint density at radius 3 is 2.64 bits per heavy atom. The quantitative estimate of drug-likeness (QED) is 0.905. The molecule has 0 bridgehead atoms. The third kappa shape index (κ3) is 3.51. The van der Waals surface area contributed by atoms with E-state index in [0.29, 0.717) is 0 Å². The SMILES string of the molecule is COc1ccc(Sc2cc(F)ccc2C2=CCNCC2)cc1. The van der Waals surface area contributed by atoms with E-state index in [1.54, 1.807) is 24.9 Å². The van der Waals surface area contributed by atoms with E-state index in [1.807, 2.05) is 30.3 Å². The number of benzene rings is 2. The normalized spacial score (nSPS) is 14.5. The zero-order valence-corrected chi connectivity index (χ0v) is 13.3. The Bertz CT molecular complexity index is 682. The lowest BCUT2D eigenvalue weighted by atomic mass is 10.0. The van der Waals surface area contributed by atoms with E-state index in [2.05, 4.69) is 11.4 Å². The van der Waals surface area contributed by atoms with Gasteiger partial charge >= 0.3 is 0 Å². The zero-order valence-electron chi connectivity index (χ0n) is 12.4. The molecule has 1 N–H and O–H groups in total. The maximum Gasteiger partial charge on any atom is 0.124 e. The van der Waals surface area contributed by atoms with Crippen molar-refractivity contribution in [3.8, 4) is 5.75 Å². The standard InChI is InChI=1S/C18H18FNOS/c1-21-15-3-5-16(6-4-15)22-18-12-14(19)2-7-17(18)13-8-10-20-11-9-13/h2-8,12,20H,9-11H2,1H3. The van der Waals surface area contributed by atoms with Gasteiger partial charge in [0.05, 0.1) is 7.11 Å². The Hall–Kier alpha value is -1.78. The molecular formula is C18H18FNOS. The molecule has 0 saturated heterocycles. The molecule has 2 nitrogen and oxygen atoms in total. The lowest BCUT2D eigenvalue weighted by Crippen LogP contribution is -2.20. The van der Waals surface area contributed by atoms with Crippen LogP contribution < -0.4 is 10.1 Å². The summed E-state index contributed by atoms with van der Waals surface area (Å²) >= 11 is 1.58. The van der Waals surface area contributed by atoms with Crippen molar-refractivity contribution in [3.05, 3.63) is 59.9 Å². The van der Waals surface area contributed by atoms with Crippen molar-refractivity contribution in [2.45, 2.75) is 16.2 Å². The number of methoxy groups -OCH3 is 1. The summed E-state index contributed by atoms with van der Waals surface area (Å²) in [5.74, 6) is 0.624. The second kappa shape index (κ2) is 6.99. The topological polar surface area (TPSA) is 21.3 Å². The number of hydrogen-bond acceptors (Lipinski definition) is 3. The van der Waals surface area contributed by atoms with Crippen LogP contribution in [0.2, 0.25) is 0 Å². The predicted molar refractivity (Wildman–Crippen MR) is 89.0 cm³/mol. The average Bonchev–Trinajstić information content (AvgIpc) is 2.56. The van der Waals surface area contributed by atoms with Crippen molar-refractivity contribution in [3.63, 3.8) is 0 Å². The molecule has 0 aliphatic carbocycles. The minimum atomic E-state index is -0.200. The van der Waals surface area contributed by atoms with E-state index in [4.69, 9.17) is 4.74 Å². The second-order valence-corrected chi connectivity index (χ2v) is 6.22. The molecule has 0 radical (unpaired) electrons. The molecule has 22 heavy (non-hydrogen) atoms. The lowest BCUT2D eigenvalue weighted by molar-refractivity contribution is 0.414. The number of hydrogen-bond donors (Lipinski definition) is 1. The van der Waals surface area contributed by atoms with Gasteiger partial charge in [-0.25, -0.2) is 4.39 Å². The fraction of sp³-hybridized carbons (Fsp3) is 0.222. The van der Waals surface area contributed by atoms with E-state index in [-0.39, 0.29) is 5.82 Å². The van der Waals surface area contributed by atoms with Gasteiger partial charge in [-0.05, 0) is 60.5 Å². The summed E-state index contributed by atoms with van der Waals surface area (Å²) in [6.07, 6.45) is 3.16. The smallest absolute Gasteiger partial charge is 0.124 e. The van der Waals surface area contributed by atoms with Crippen LogP contribution in [-0.4, -0.2) is 20.2 Å². The second-order valence-electron chi connectivity index (χ2n) is 5.10. The van der Waals surface area contributed by atoms with Gasteiger partial charge in [0.25, 0.3) is 0 Å². The summed E-state index contributed by atoms with van der Waals surface area (Å²) < 4.78 is 18.8. The first-order valence-corrected chi connectivity index (χ1v) is 8.09. The molecule has 0 aromatic heterocycles. The van der Waals surface area contributed by atoms with Crippen LogP contribution in [0.3, 0.4) is 0 Å². The van der Waals surface area contributed by atoms with Gasteiger partial charge in [-0.2, -0.15) is 0 Å². The van der Waals surface area contributed by atoms with Crippen LogP contribution in [0.4, 0.5) is 4.39 Å². The first-order chi connectivity index (χ1) is 10.8. The fourth-order valence-electron chi connectivity index (χ4n) is 2.48. The highest BCUT2D eigenvalue weighted by Gasteiger charge is 2.12. The molecule has 2 aromatic rings. The molecule has 1 aliphatic heterocycles. The first kappa shape index (κ1) is 15.1. The summed E-state index contributed by atoms with van der Waals surface area (Å²) in [6.45, 7) is 1.84. The number of rotatable bonds is 4. The fourth-order valence-corrected chi connectivity index (χ4v) is 3.49. The molecule has 0 atom stereocenters. The molecule has 114 valence electrons. The van der Waals surface area contributed by atoms with Crippen molar-refractivity contribution in [2.75, 3.05) is 20.2 Å². The molecule has 2 aromatic carbocycles. The number of ether oxygens (including phenoxy) is 1. The maximum absolute atomic E-state index is 13.7. The van der Waals surface area contributed by atoms with Crippen molar-refractivity contribution in [1.29, 1.82) is 0 Å². The molecule has 1 heterocycles. The average molecular weight is 315 g/mol. The Kier molecular flexibility index (Phi) is 4.80. The summed E-state index contributed by atoms with van der Waals surface area (Å²) in [6, 6.07) is 12.9. The molecule has 0 unspecified atom stereocenters. The van der Waals surface area contributed by atoms with Crippen LogP contribution in [-0.2, 0) is 0 Å². The van der Waals surface area contributed by atoms with Gasteiger partial charge < -0.3 is 10.1 Å². The molecule has 0 spiro atoms. The third-order valence-corrected chi connectivity index (χ3v) is 4.71. The number of nitrogens with one attached hydrogen (secondary N) is 1. The molecule has 0 fully saturated rings. The van der Waals surface area contributed by atoms with Crippen LogP contribution in [0.15, 0.2) is 58.3 Å². The number of halogens is 1. The van der Waals surface area contributed by atoms with Crippen molar-refractivity contribution >= 4 is 17.3 Å². The van der Waals surface area contributed by atoms with E-state index < -0.39 is 0 Å². The van der Waals surface area contributed by atoms with Crippen LogP contribution >= 0.6 is 11.8 Å². The molecule has 3 rings (SSSR count). The van der Waals surface area contributed by atoms with Crippen LogP contribution in [0, 0.1) is 5.82 Å². The molecular weight excluding hydrogens is 297 g/mol. The highest BCUT2D eigenvalue weighted by Crippen LogP contribution is 2.36. The highest BCUT2D eigenvalue weighted by molar-refractivity contribution is 7.99. The Balaban J connectivity index is 1.91. The van der Waals surface area contributed by atoms with Gasteiger partial charge in [0.2, 0.25) is 0 Å². The van der Waals surface area contributed by atoms with E-state index >= 15 is 0 Å². The van der Waals surface area contributed by atoms with E-state index in [1.165, 1.54) is 11.6 Å². The molecule has 0 saturated carbocycles. The summed E-state index contributed by atoms with van der Waals surface area (Å²) in [4.78, 5) is 2.03. The van der Waals surface area contributed by atoms with Gasteiger partial charge in [-0.1, -0.05) is 23.9 Å². The van der Waals surface area contributed by atoms with Gasteiger partial charge in [-0.15, -0.1) is 0 Å². The Morgan fingerprint density at radius 1 is 1.14 bits per heavy atom. The largest absolute Gasteiger partial charge is 0.497 e. The maximum atomic E-state index is 13.7. The monoisotopic (exact) mass is 315 g/mol.